The number of aromatic amines is 1. The fraction of sp³-hybridized carbons (Fsp3) is 0.250. The zero-order valence-corrected chi connectivity index (χ0v) is 9.05. The van der Waals surface area contributed by atoms with Crippen LogP contribution < -0.4 is 4.74 Å². The molecule has 0 unspecified atom stereocenters. The van der Waals surface area contributed by atoms with Crippen LogP contribution in [0.2, 0.25) is 0 Å². The monoisotopic (exact) mass is 203 g/mol. The lowest BCUT2D eigenvalue weighted by Crippen LogP contribution is -1.89. The van der Waals surface area contributed by atoms with Gasteiger partial charge in [-0.2, -0.15) is 0 Å². The number of carbonyl (C=O) groups excluding carboxylic acids is 1. The van der Waals surface area contributed by atoms with E-state index in [0.717, 1.165) is 22.2 Å². The fourth-order valence-corrected chi connectivity index (χ4v) is 1.70. The van der Waals surface area contributed by atoms with Crippen molar-refractivity contribution in [3.8, 4) is 5.75 Å². The fourth-order valence-electron chi connectivity index (χ4n) is 1.70. The maximum atomic E-state index is 11.2. The average Bonchev–Trinajstić information content (AvgIpc) is 2.59. The Balaban J connectivity index is 2.74. The molecular weight excluding hydrogens is 190 g/mol. The molecule has 0 atom stereocenters. The van der Waals surface area contributed by atoms with Crippen molar-refractivity contribution in [1.29, 1.82) is 0 Å². The normalized spacial score (nSPS) is 10.6. The summed E-state index contributed by atoms with van der Waals surface area (Å²) in [6.07, 6.45) is 0. The van der Waals surface area contributed by atoms with Crippen molar-refractivity contribution >= 4 is 16.7 Å². The van der Waals surface area contributed by atoms with Crippen molar-refractivity contribution in [2.75, 3.05) is 7.11 Å². The van der Waals surface area contributed by atoms with E-state index in [4.69, 9.17) is 4.74 Å². The second-order valence-corrected chi connectivity index (χ2v) is 3.67. The van der Waals surface area contributed by atoms with E-state index < -0.39 is 0 Å². The molecule has 0 saturated carbocycles. The van der Waals surface area contributed by atoms with Gasteiger partial charge in [0, 0.05) is 17.8 Å². The third-order valence-electron chi connectivity index (χ3n) is 2.44. The maximum Gasteiger partial charge on any atom is 0.175 e. The van der Waals surface area contributed by atoms with E-state index in [1.165, 1.54) is 0 Å². The van der Waals surface area contributed by atoms with Crippen LogP contribution >= 0.6 is 0 Å². The molecule has 15 heavy (non-hydrogen) atoms. The second-order valence-electron chi connectivity index (χ2n) is 3.67. The van der Waals surface area contributed by atoms with Crippen LogP contribution in [0, 0.1) is 6.92 Å². The Labute approximate surface area is 88.1 Å². The van der Waals surface area contributed by atoms with Gasteiger partial charge in [-0.05, 0) is 30.7 Å². The Morgan fingerprint density at radius 1 is 1.33 bits per heavy atom. The number of aryl methyl sites for hydroxylation is 1. The molecule has 0 saturated heterocycles. The van der Waals surface area contributed by atoms with Crippen LogP contribution in [0.4, 0.5) is 0 Å². The summed E-state index contributed by atoms with van der Waals surface area (Å²) in [5.74, 6) is 0.833. The molecule has 0 bridgehead atoms. The highest BCUT2D eigenvalue weighted by molar-refractivity contribution is 5.99. The molecule has 1 heterocycles. The van der Waals surface area contributed by atoms with Gasteiger partial charge in [-0.3, -0.25) is 4.79 Å². The standard InChI is InChI=1S/C12H13NO2/c1-7-4-11-9(12(5-7)15-3)6-10(13-11)8(2)14/h4-6,13H,1-3H3. The molecule has 1 aromatic heterocycles. The highest BCUT2D eigenvalue weighted by atomic mass is 16.5. The molecule has 0 amide bonds. The number of Topliss-reactive ketones (excluding diaryl/α,β-unsaturated/α-hetero) is 1. The Bertz CT molecular complexity index is 526. The molecule has 2 aromatic rings. The lowest BCUT2D eigenvalue weighted by molar-refractivity contribution is 0.101. The lowest BCUT2D eigenvalue weighted by Gasteiger charge is -2.02. The third-order valence-corrected chi connectivity index (χ3v) is 2.44. The molecule has 1 N–H and O–H groups in total. The van der Waals surface area contributed by atoms with Gasteiger partial charge in [0.15, 0.2) is 5.78 Å². The minimum absolute atomic E-state index is 0.0332. The highest BCUT2D eigenvalue weighted by Gasteiger charge is 2.09. The Hall–Kier alpha value is -1.77. The van der Waals surface area contributed by atoms with E-state index in [2.05, 4.69) is 4.98 Å². The van der Waals surface area contributed by atoms with Crippen LogP contribution in [-0.4, -0.2) is 17.9 Å². The molecule has 0 aliphatic heterocycles. The Morgan fingerprint density at radius 2 is 2.07 bits per heavy atom. The van der Waals surface area contributed by atoms with Gasteiger partial charge in [0.05, 0.1) is 12.8 Å². The van der Waals surface area contributed by atoms with Crippen molar-refractivity contribution < 1.29 is 9.53 Å². The number of methoxy groups -OCH3 is 1. The van der Waals surface area contributed by atoms with Crippen LogP contribution in [-0.2, 0) is 0 Å². The van der Waals surface area contributed by atoms with Gasteiger partial charge in [-0.25, -0.2) is 0 Å². The van der Waals surface area contributed by atoms with Gasteiger partial charge in [-0.1, -0.05) is 0 Å². The van der Waals surface area contributed by atoms with Gasteiger partial charge in [0.2, 0.25) is 0 Å². The maximum absolute atomic E-state index is 11.2. The molecular formula is C12H13NO2. The molecule has 0 aliphatic rings. The highest BCUT2D eigenvalue weighted by Crippen LogP contribution is 2.28. The van der Waals surface area contributed by atoms with Gasteiger partial charge in [0.25, 0.3) is 0 Å². The van der Waals surface area contributed by atoms with Gasteiger partial charge < -0.3 is 9.72 Å². The van der Waals surface area contributed by atoms with Crippen LogP contribution in [0.25, 0.3) is 10.9 Å². The van der Waals surface area contributed by atoms with Gasteiger partial charge >= 0.3 is 0 Å². The number of carbonyl (C=O) groups is 1. The van der Waals surface area contributed by atoms with Crippen molar-refractivity contribution in [1.82, 2.24) is 4.98 Å². The van der Waals surface area contributed by atoms with Crippen LogP contribution in [0.1, 0.15) is 23.0 Å². The first-order valence-electron chi connectivity index (χ1n) is 4.80. The SMILES string of the molecule is COc1cc(C)cc2[nH]c(C(C)=O)cc12. The number of rotatable bonds is 2. The molecule has 0 spiro atoms. The number of fused-ring (bicyclic) bond motifs is 1. The lowest BCUT2D eigenvalue weighted by atomic mass is 10.1. The zero-order chi connectivity index (χ0) is 11.0. The quantitative estimate of drug-likeness (QED) is 0.762. The van der Waals surface area contributed by atoms with Gasteiger partial charge in [0.1, 0.15) is 5.75 Å². The summed E-state index contributed by atoms with van der Waals surface area (Å²) in [6.45, 7) is 3.54. The summed E-state index contributed by atoms with van der Waals surface area (Å²) in [4.78, 5) is 14.3. The van der Waals surface area contributed by atoms with E-state index in [1.807, 2.05) is 25.1 Å². The zero-order valence-electron chi connectivity index (χ0n) is 9.05. The summed E-state index contributed by atoms with van der Waals surface area (Å²) in [6, 6.07) is 5.79. The average molecular weight is 203 g/mol. The van der Waals surface area contributed by atoms with Crippen molar-refractivity contribution in [2.45, 2.75) is 13.8 Å². The predicted molar refractivity (Wildman–Crippen MR) is 59.6 cm³/mol. The van der Waals surface area contributed by atoms with E-state index in [0.29, 0.717) is 5.69 Å². The smallest absolute Gasteiger partial charge is 0.175 e. The topological polar surface area (TPSA) is 42.1 Å². The molecule has 0 fully saturated rings. The van der Waals surface area contributed by atoms with Crippen molar-refractivity contribution in [2.24, 2.45) is 0 Å². The molecule has 2 rings (SSSR count). The molecule has 78 valence electrons. The first-order valence-corrected chi connectivity index (χ1v) is 4.80. The molecule has 3 nitrogen and oxygen atoms in total. The Kier molecular flexibility index (Phi) is 2.23. The summed E-state index contributed by atoms with van der Waals surface area (Å²) >= 11 is 0. The number of aromatic nitrogens is 1. The van der Waals surface area contributed by atoms with E-state index in [-0.39, 0.29) is 5.78 Å². The number of ether oxygens (including phenoxy) is 1. The van der Waals surface area contributed by atoms with Crippen molar-refractivity contribution in [3.05, 3.63) is 29.5 Å². The number of nitrogens with one attached hydrogen (secondary N) is 1. The van der Waals surface area contributed by atoms with E-state index in [9.17, 15) is 4.79 Å². The first-order chi connectivity index (χ1) is 7.11. The minimum Gasteiger partial charge on any atom is -0.496 e. The number of hydrogen-bond donors (Lipinski definition) is 1. The molecule has 0 radical (unpaired) electrons. The first kappa shape index (κ1) is 9.77. The van der Waals surface area contributed by atoms with Crippen LogP contribution in [0.15, 0.2) is 18.2 Å². The molecule has 0 aliphatic carbocycles. The second kappa shape index (κ2) is 3.42. The summed E-state index contributed by atoms with van der Waals surface area (Å²) in [7, 11) is 1.63. The number of hydrogen-bond acceptors (Lipinski definition) is 2. The predicted octanol–water partition coefficient (Wildman–Crippen LogP) is 2.69. The number of H-pyrrole nitrogens is 1. The van der Waals surface area contributed by atoms with E-state index in [1.54, 1.807) is 14.0 Å². The van der Waals surface area contributed by atoms with Crippen LogP contribution in [0.3, 0.4) is 0 Å². The molecule has 3 heteroatoms. The van der Waals surface area contributed by atoms with E-state index >= 15 is 0 Å². The number of ketones is 1. The largest absolute Gasteiger partial charge is 0.496 e. The minimum atomic E-state index is 0.0332. The molecule has 1 aromatic carbocycles. The van der Waals surface area contributed by atoms with Gasteiger partial charge in [-0.15, -0.1) is 0 Å². The Morgan fingerprint density at radius 3 is 2.67 bits per heavy atom. The summed E-state index contributed by atoms with van der Waals surface area (Å²) < 4.78 is 5.27. The summed E-state index contributed by atoms with van der Waals surface area (Å²) in [5, 5.41) is 0.952. The van der Waals surface area contributed by atoms with Crippen LogP contribution in [0.5, 0.6) is 5.75 Å². The number of benzene rings is 1. The third kappa shape index (κ3) is 1.61. The van der Waals surface area contributed by atoms with Crippen molar-refractivity contribution in [3.63, 3.8) is 0 Å². The summed E-state index contributed by atoms with van der Waals surface area (Å²) in [5.41, 5.74) is 2.67.